The third kappa shape index (κ3) is 10.4. The predicted octanol–water partition coefficient (Wildman–Crippen LogP) is 3.54. The van der Waals surface area contributed by atoms with Gasteiger partial charge in [0.05, 0.1) is 19.3 Å². The molecule has 0 amide bonds. The Hall–Kier alpha value is -1.92. The molecule has 0 aliphatic carbocycles. The summed E-state index contributed by atoms with van der Waals surface area (Å²) in [5, 5.41) is 13.5. The van der Waals surface area contributed by atoms with E-state index in [0.29, 0.717) is 39.0 Å². The number of carbonyl (C=O) groups excluding carboxylic acids is 2. The van der Waals surface area contributed by atoms with E-state index in [4.69, 9.17) is 9.47 Å². The molecule has 0 radical (unpaired) electrons. The third-order valence-electron chi connectivity index (χ3n) is 4.49. The first-order valence-corrected chi connectivity index (χ1v) is 10.4. The quantitative estimate of drug-likeness (QED) is 0.350. The Kier molecular flexibility index (Phi) is 13.0. The van der Waals surface area contributed by atoms with Crippen LogP contribution in [0.4, 0.5) is 0 Å². The van der Waals surface area contributed by atoms with Gasteiger partial charge in [-0.25, -0.2) is 0 Å². The highest BCUT2D eigenvalue weighted by molar-refractivity contribution is 5.75. The number of rotatable bonds is 15. The molecule has 0 spiro atoms. The highest BCUT2D eigenvalue weighted by Gasteiger charge is 2.19. The van der Waals surface area contributed by atoms with Crippen molar-refractivity contribution in [2.75, 3.05) is 19.8 Å². The summed E-state index contributed by atoms with van der Waals surface area (Å²) in [6.45, 7) is 4.90. The molecule has 0 bridgehead atoms. The maximum absolute atomic E-state index is 12.2. The van der Waals surface area contributed by atoms with E-state index in [-0.39, 0.29) is 18.0 Å². The molecule has 28 heavy (non-hydrogen) atoms. The van der Waals surface area contributed by atoms with Gasteiger partial charge in [-0.3, -0.25) is 9.59 Å². The van der Waals surface area contributed by atoms with Gasteiger partial charge in [0.25, 0.3) is 0 Å². The Bertz CT molecular complexity index is 549. The van der Waals surface area contributed by atoms with Crippen LogP contribution in [0, 0.1) is 0 Å². The molecule has 6 heteroatoms. The Morgan fingerprint density at radius 2 is 1.64 bits per heavy atom. The van der Waals surface area contributed by atoms with Gasteiger partial charge in [0, 0.05) is 6.42 Å². The van der Waals surface area contributed by atoms with Gasteiger partial charge in [0.2, 0.25) is 0 Å². The van der Waals surface area contributed by atoms with Crippen LogP contribution in [0.3, 0.4) is 0 Å². The zero-order valence-electron chi connectivity index (χ0n) is 17.2. The van der Waals surface area contributed by atoms with Gasteiger partial charge in [-0.15, -0.1) is 0 Å². The fourth-order valence-corrected chi connectivity index (χ4v) is 2.99. The summed E-state index contributed by atoms with van der Waals surface area (Å²) in [7, 11) is 0. The molecule has 2 atom stereocenters. The molecule has 158 valence electrons. The Morgan fingerprint density at radius 1 is 0.964 bits per heavy atom. The summed E-state index contributed by atoms with van der Waals surface area (Å²) in [4.78, 5) is 23.5. The van der Waals surface area contributed by atoms with E-state index in [2.05, 4.69) is 5.32 Å². The molecular formula is C22H35NO5. The number of aliphatic hydroxyl groups is 1. The minimum Gasteiger partial charge on any atom is -0.466 e. The number of hydrogen-bond donors (Lipinski definition) is 2. The summed E-state index contributed by atoms with van der Waals surface area (Å²) < 4.78 is 10.1. The molecule has 0 fully saturated rings. The van der Waals surface area contributed by atoms with Crippen molar-refractivity contribution >= 4 is 11.9 Å². The van der Waals surface area contributed by atoms with Gasteiger partial charge >= 0.3 is 11.9 Å². The first kappa shape index (κ1) is 24.1. The van der Waals surface area contributed by atoms with E-state index in [1.165, 1.54) is 0 Å². The molecule has 1 aromatic rings. The molecule has 0 aliphatic rings. The first-order valence-electron chi connectivity index (χ1n) is 10.4. The van der Waals surface area contributed by atoms with Crippen molar-refractivity contribution in [3.05, 3.63) is 35.9 Å². The molecule has 0 saturated heterocycles. The van der Waals surface area contributed by atoms with Crippen LogP contribution in [-0.4, -0.2) is 42.8 Å². The van der Waals surface area contributed by atoms with Gasteiger partial charge < -0.3 is 19.9 Å². The zero-order chi connectivity index (χ0) is 20.6. The van der Waals surface area contributed by atoms with Crippen LogP contribution in [0.15, 0.2) is 30.3 Å². The van der Waals surface area contributed by atoms with E-state index < -0.39 is 6.10 Å². The Morgan fingerprint density at radius 3 is 2.32 bits per heavy atom. The second-order valence-electron chi connectivity index (χ2n) is 6.73. The van der Waals surface area contributed by atoms with Gasteiger partial charge in [0.1, 0.15) is 6.04 Å². The number of benzene rings is 1. The largest absolute Gasteiger partial charge is 0.466 e. The molecule has 0 saturated carbocycles. The Balaban J connectivity index is 2.30. The highest BCUT2D eigenvalue weighted by Crippen LogP contribution is 2.15. The van der Waals surface area contributed by atoms with Gasteiger partial charge in [-0.2, -0.15) is 0 Å². The average Bonchev–Trinajstić information content (AvgIpc) is 2.70. The molecule has 0 heterocycles. The van der Waals surface area contributed by atoms with Crippen molar-refractivity contribution in [2.45, 2.75) is 70.9 Å². The van der Waals surface area contributed by atoms with E-state index in [1.54, 1.807) is 13.8 Å². The van der Waals surface area contributed by atoms with Gasteiger partial charge in [-0.05, 0) is 45.2 Å². The number of unbranched alkanes of at least 4 members (excludes halogenated alkanes) is 3. The van der Waals surface area contributed by atoms with E-state index in [0.717, 1.165) is 31.2 Å². The summed E-state index contributed by atoms with van der Waals surface area (Å²) in [6.07, 6.45) is 4.66. The zero-order valence-corrected chi connectivity index (χ0v) is 17.2. The standard InChI is InChI=1S/C22H35NO5/c1-3-27-21(25)15-11-6-5-10-14-19(22(26)28-4-2)23-17-16-20(24)18-12-8-7-9-13-18/h7-9,12-13,19-20,23-24H,3-6,10-11,14-17H2,1-2H3. The topological polar surface area (TPSA) is 84.9 Å². The summed E-state index contributed by atoms with van der Waals surface area (Å²) in [5.41, 5.74) is 0.874. The lowest BCUT2D eigenvalue weighted by molar-refractivity contribution is -0.146. The van der Waals surface area contributed by atoms with E-state index in [9.17, 15) is 14.7 Å². The smallest absolute Gasteiger partial charge is 0.323 e. The van der Waals surface area contributed by atoms with Gasteiger partial charge in [0.15, 0.2) is 0 Å². The maximum Gasteiger partial charge on any atom is 0.323 e. The van der Waals surface area contributed by atoms with Crippen LogP contribution in [0.5, 0.6) is 0 Å². The third-order valence-corrected chi connectivity index (χ3v) is 4.49. The lowest BCUT2D eigenvalue weighted by Crippen LogP contribution is -2.39. The number of hydrogen-bond acceptors (Lipinski definition) is 6. The fourth-order valence-electron chi connectivity index (χ4n) is 2.99. The molecule has 1 rings (SSSR count). The molecule has 6 nitrogen and oxygen atoms in total. The minimum atomic E-state index is -0.556. The van der Waals surface area contributed by atoms with Crippen molar-refractivity contribution in [3.63, 3.8) is 0 Å². The second kappa shape index (κ2) is 15.1. The van der Waals surface area contributed by atoms with Crippen molar-refractivity contribution in [1.29, 1.82) is 0 Å². The first-order chi connectivity index (χ1) is 13.6. The summed E-state index contributed by atoms with van der Waals surface area (Å²) >= 11 is 0. The van der Waals surface area contributed by atoms with Crippen molar-refractivity contribution in [1.82, 2.24) is 5.32 Å². The predicted molar refractivity (Wildman–Crippen MR) is 109 cm³/mol. The van der Waals surface area contributed by atoms with Crippen LogP contribution in [0.25, 0.3) is 0 Å². The Labute approximate surface area is 168 Å². The monoisotopic (exact) mass is 393 g/mol. The number of ether oxygens (including phenoxy) is 2. The number of nitrogens with one attached hydrogen (secondary N) is 1. The average molecular weight is 394 g/mol. The number of aliphatic hydroxyl groups excluding tert-OH is 1. The molecule has 0 aliphatic heterocycles. The fraction of sp³-hybridized carbons (Fsp3) is 0.636. The lowest BCUT2D eigenvalue weighted by Gasteiger charge is -2.18. The van der Waals surface area contributed by atoms with Gasteiger partial charge in [-0.1, -0.05) is 49.6 Å². The van der Waals surface area contributed by atoms with Crippen LogP contribution in [-0.2, 0) is 19.1 Å². The second-order valence-corrected chi connectivity index (χ2v) is 6.73. The number of esters is 2. The SMILES string of the molecule is CCOC(=O)CCCCCCC(NCCC(O)c1ccccc1)C(=O)OCC. The van der Waals surface area contributed by atoms with Crippen LogP contribution in [0.1, 0.15) is 70.5 Å². The summed E-state index contributed by atoms with van der Waals surface area (Å²) in [5.74, 6) is -0.395. The van der Waals surface area contributed by atoms with Crippen LogP contribution in [0.2, 0.25) is 0 Å². The minimum absolute atomic E-state index is 0.148. The lowest BCUT2D eigenvalue weighted by atomic mass is 10.0. The molecular weight excluding hydrogens is 358 g/mol. The molecule has 0 aromatic heterocycles. The van der Waals surface area contributed by atoms with Crippen molar-refractivity contribution < 1.29 is 24.2 Å². The van der Waals surface area contributed by atoms with Crippen LogP contribution >= 0.6 is 0 Å². The van der Waals surface area contributed by atoms with E-state index >= 15 is 0 Å². The maximum atomic E-state index is 12.2. The molecule has 2 unspecified atom stereocenters. The normalized spacial score (nSPS) is 13.0. The van der Waals surface area contributed by atoms with Crippen molar-refractivity contribution in [2.24, 2.45) is 0 Å². The number of carbonyl (C=O) groups is 2. The van der Waals surface area contributed by atoms with Crippen molar-refractivity contribution in [3.8, 4) is 0 Å². The summed E-state index contributed by atoms with van der Waals surface area (Å²) in [6, 6.07) is 9.13. The van der Waals surface area contributed by atoms with E-state index in [1.807, 2.05) is 30.3 Å². The highest BCUT2D eigenvalue weighted by atomic mass is 16.5. The molecule has 2 N–H and O–H groups in total. The van der Waals surface area contributed by atoms with Crippen LogP contribution < -0.4 is 5.32 Å². The molecule has 1 aromatic carbocycles.